The van der Waals surface area contributed by atoms with Crippen LogP contribution in [0.1, 0.15) is 10.4 Å². The minimum atomic E-state index is -3.18. The van der Waals surface area contributed by atoms with E-state index in [1.807, 2.05) is 0 Å². The van der Waals surface area contributed by atoms with Crippen LogP contribution in [0.2, 0.25) is 0 Å². The fourth-order valence-electron chi connectivity index (χ4n) is 2.10. The molecule has 1 aromatic rings. The van der Waals surface area contributed by atoms with Crippen molar-refractivity contribution in [2.45, 2.75) is 6.04 Å². The smallest absolute Gasteiger partial charge is 0.251 e. The summed E-state index contributed by atoms with van der Waals surface area (Å²) in [6.07, 6.45) is 1.48. The Morgan fingerprint density at radius 3 is 2.65 bits per heavy atom. The van der Waals surface area contributed by atoms with Gasteiger partial charge in [0.25, 0.3) is 5.91 Å². The zero-order chi connectivity index (χ0) is 14.2. The van der Waals surface area contributed by atoms with Gasteiger partial charge in [0.05, 0.1) is 11.8 Å². The summed E-state index contributed by atoms with van der Waals surface area (Å²) >= 11 is 0. The lowest BCUT2D eigenvalue weighted by Gasteiger charge is -2.19. The molecular formula is C13H13NO5S. The molecule has 0 saturated carbocycles. The highest BCUT2D eigenvalue weighted by atomic mass is 32.2. The molecule has 1 N–H and O–H groups in total. The van der Waals surface area contributed by atoms with E-state index in [9.17, 15) is 13.2 Å². The van der Waals surface area contributed by atoms with E-state index >= 15 is 0 Å². The Hall–Kier alpha value is -2.02. The maximum atomic E-state index is 12.1. The Kier molecular flexibility index (Phi) is 3.13. The molecule has 3 rings (SSSR count). The maximum absolute atomic E-state index is 12.1. The molecule has 0 radical (unpaired) electrons. The highest BCUT2D eigenvalue weighted by Gasteiger charge is 2.24. The minimum absolute atomic E-state index is 0.0940. The van der Waals surface area contributed by atoms with Crippen LogP contribution in [0.4, 0.5) is 0 Å². The normalized spacial score (nSPS) is 22.5. The summed E-state index contributed by atoms with van der Waals surface area (Å²) in [5, 5.41) is 3.78. The molecule has 1 amide bonds. The number of benzene rings is 1. The second-order valence-electron chi connectivity index (χ2n) is 4.60. The first-order valence-electron chi connectivity index (χ1n) is 6.15. The molecule has 106 valence electrons. The molecule has 2 heterocycles. The van der Waals surface area contributed by atoms with Crippen molar-refractivity contribution in [1.29, 1.82) is 0 Å². The fraction of sp³-hybridized carbons (Fsp3) is 0.308. The summed E-state index contributed by atoms with van der Waals surface area (Å²) in [5.74, 6) is 0.701. The number of ether oxygens (including phenoxy) is 2. The summed E-state index contributed by atoms with van der Waals surface area (Å²) in [5.41, 5.74) is 0.409. The molecular weight excluding hydrogens is 282 g/mol. The van der Waals surface area contributed by atoms with Crippen LogP contribution in [0, 0.1) is 0 Å². The second-order valence-corrected chi connectivity index (χ2v) is 6.53. The van der Waals surface area contributed by atoms with Crippen LogP contribution in [0.5, 0.6) is 11.5 Å². The Labute approximate surface area is 116 Å². The molecule has 7 heteroatoms. The van der Waals surface area contributed by atoms with E-state index in [0.717, 1.165) is 5.41 Å². The van der Waals surface area contributed by atoms with Gasteiger partial charge in [-0.2, -0.15) is 0 Å². The Morgan fingerprint density at radius 1 is 1.20 bits per heavy atom. The number of rotatable bonds is 2. The first-order valence-corrected chi connectivity index (χ1v) is 7.86. The van der Waals surface area contributed by atoms with Crippen molar-refractivity contribution in [3.8, 4) is 11.5 Å². The topological polar surface area (TPSA) is 81.7 Å². The fourth-order valence-corrected chi connectivity index (χ4v) is 3.34. The van der Waals surface area contributed by atoms with Gasteiger partial charge in [-0.25, -0.2) is 8.42 Å². The largest absolute Gasteiger partial charge is 0.486 e. The number of carbonyl (C=O) groups excluding carboxylic acids is 1. The third kappa shape index (κ3) is 2.62. The number of fused-ring (bicyclic) bond motifs is 1. The van der Waals surface area contributed by atoms with E-state index in [1.54, 1.807) is 18.2 Å². The van der Waals surface area contributed by atoms with Crippen molar-refractivity contribution in [2.24, 2.45) is 0 Å². The van der Waals surface area contributed by atoms with Crippen LogP contribution in [0.15, 0.2) is 29.7 Å². The molecule has 0 aliphatic carbocycles. The number of hydrogen-bond acceptors (Lipinski definition) is 5. The number of nitrogens with one attached hydrogen (secondary N) is 1. The summed E-state index contributed by atoms with van der Waals surface area (Å²) < 4.78 is 33.3. The van der Waals surface area contributed by atoms with E-state index in [2.05, 4.69) is 5.32 Å². The van der Waals surface area contributed by atoms with Crippen LogP contribution in [0.25, 0.3) is 0 Å². The number of carbonyl (C=O) groups is 1. The van der Waals surface area contributed by atoms with Gasteiger partial charge in [-0.05, 0) is 24.3 Å². The lowest BCUT2D eigenvalue weighted by molar-refractivity contribution is 0.0946. The molecule has 2 aliphatic rings. The SMILES string of the molecule is O=C(NC1C=CS(=O)(=O)C1)c1ccc2c(c1)OCCO2. The minimum Gasteiger partial charge on any atom is -0.486 e. The second kappa shape index (κ2) is 4.82. The average Bonchev–Trinajstić information content (AvgIpc) is 2.77. The number of amides is 1. The van der Waals surface area contributed by atoms with E-state index in [0.29, 0.717) is 30.3 Å². The molecule has 6 nitrogen and oxygen atoms in total. The van der Waals surface area contributed by atoms with Gasteiger partial charge in [0, 0.05) is 11.0 Å². The van der Waals surface area contributed by atoms with Gasteiger partial charge < -0.3 is 14.8 Å². The molecule has 20 heavy (non-hydrogen) atoms. The van der Waals surface area contributed by atoms with Gasteiger partial charge in [0.2, 0.25) is 0 Å². The molecule has 1 aromatic carbocycles. The molecule has 0 spiro atoms. The predicted octanol–water partition coefficient (Wildman–Crippen LogP) is 0.498. The maximum Gasteiger partial charge on any atom is 0.251 e. The van der Waals surface area contributed by atoms with Crippen LogP contribution < -0.4 is 14.8 Å². The van der Waals surface area contributed by atoms with Gasteiger partial charge in [-0.15, -0.1) is 0 Å². The average molecular weight is 295 g/mol. The van der Waals surface area contributed by atoms with E-state index in [4.69, 9.17) is 9.47 Å². The first kappa shape index (κ1) is 13.0. The summed E-state index contributed by atoms with van der Waals surface area (Å²) in [6.45, 7) is 0.935. The third-order valence-electron chi connectivity index (χ3n) is 3.05. The molecule has 1 atom stereocenters. The van der Waals surface area contributed by atoms with E-state index < -0.39 is 15.9 Å². The van der Waals surface area contributed by atoms with Crippen molar-refractivity contribution in [2.75, 3.05) is 19.0 Å². The number of sulfone groups is 1. The molecule has 0 bridgehead atoms. The summed E-state index contributed by atoms with van der Waals surface area (Å²) in [7, 11) is -3.18. The van der Waals surface area contributed by atoms with Crippen molar-refractivity contribution < 1.29 is 22.7 Å². The predicted molar refractivity (Wildman–Crippen MR) is 71.6 cm³/mol. The quantitative estimate of drug-likeness (QED) is 0.859. The van der Waals surface area contributed by atoms with Gasteiger partial charge >= 0.3 is 0 Å². The van der Waals surface area contributed by atoms with Crippen LogP contribution >= 0.6 is 0 Å². The molecule has 0 aromatic heterocycles. The Balaban J connectivity index is 1.73. The van der Waals surface area contributed by atoms with Gasteiger partial charge in [0.1, 0.15) is 13.2 Å². The first-order chi connectivity index (χ1) is 9.53. The molecule has 0 fully saturated rings. The summed E-state index contributed by atoms with van der Waals surface area (Å²) in [4.78, 5) is 12.1. The zero-order valence-corrected chi connectivity index (χ0v) is 11.4. The summed E-state index contributed by atoms with van der Waals surface area (Å²) in [6, 6.07) is 4.40. The number of hydrogen-bond donors (Lipinski definition) is 1. The monoisotopic (exact) mass is 295 g/mol. The van der Waals surface area contributed by atoms with Crippen LogP contribution in [-0.2, 0) is 9.84 Å². The highest BCUT2D eigenvalue weighted by Crippen LogP contribution is 2.30. The van der Waals surface area contributed by atoms with Crippen molar-refractivity contribution in [3.63, 3.8) is 0 Å². The Morgan fingerprint density at radius 2 is 1.95 bits per heavy atom. The lowest BCUT2D eigenvalue weighted by Crippen LogP contribution is -2.35. The van der Waals surface area contributed by atoms with Crippen LogP contribution in [0.3, 0.4) is 0 Å². The molecule has 0 saturated heterocycles. The highest BCUT2D eigenvalue weighted by molar-refractivity contribution is 7.94. The third-order valence-corrected chi connectivity index (χ3v) is 4.45. The van der Waals surface area contributed by atoms with E-state index in [1.165, 1.54) is 6.08 Å². The van der Waals surface area contributed by atoms with E-state index in [-0.39, 0.29) is 11.7 Å². The lowest BCUT2D eigenvalue weighted by atomic mass is 10.1. The van der Waals surface area contributed by atoms with Crippen molar-refractivity contribution in [1.82, 2.24) is 5.32 Å². The van der Waals surface area contributed by atoms with Crippen LogP contribution in [-0.4, -0.2) is 39.3 Å². The molecule has 2 aliphatic heterocycles. The zero-order valence-electron chi connectivity index (χ0n) is 10.5. The van der Waals surface area contributed by atoms with Gasteiger partial charge in [-0.1, -0.05) is 0 Å². The van der Waals surface area contributed by atoms with Gasteiger partial charge in [0.15, 0.2) is 21.3 Å². The van der Waals surface area contributed by atoms with Gasteiger partial charge in [-0.3, -0.25) is 4.79 Å². The molecule has 1 unspecified atom stereocenters. The van der Waals surface area contributed by atoms with Crippen molar-refractivity contribution >= 4 is 15.7 Å². The standard InChI is InChI=1S/C13H13NO5S/c15-13(14-10-3-6-20(16,17)8-10)9-1-2-11-12(7-9)19-5-4-18-11/h1-3,6-7,10H,4-5,8H2,(H,14,15). The van der Waals surface area contributed by atoms with Crippen molar-refractivity contribution in [3.05, 3.63) is 35.2 Å². The Bertz CT molecular complexity index is 680.